The minimum atomic E-state index is 1.07. The highest BCUT2D eigenvalue weighted by Crippen LogP contribution is 2.10. The summed E-state index contributed by atoms with van der Waals surface area (Å²) in [6.45, 7) is 8.27. The van der Waals surface area contributed by atoms with Crippen molar-refractivity contribution >= 4 is 6.21 Å². The van der Waals surface area contributed by atoms with E-state index in [0.29, 0.717) is 0 Å². The van der Waals surface area contributed by atoms with Gasteiger partial charge in [-0.25, -0.2) is 0 Å². The molecule has 0 aliphatic heterocycles. The lowest BCUT2D eigenvalue weighted by Gasteiger charge is -2.03. The Morgan fingerprint density at radius 1 is 1.29 bits per heavy atom. The van der Waals surface area contributed by atoms with Crippen molar-refractivity contribution in [1.29, 1.82) is 0 Å². The lowest BCUT2D eigenvalue weighted by atomic mass is 10.0. The Bertz CT molecular complexity index is 287. The van der Waals surface area contributed by atoms with E-state index in [9.17, 15) is 0 Å². The first-order chi connectivity index (χ1) is 6.77. The molecule has 0 heterocycles. The highest BCUT2D eigenvalue weighted by molar-refractivity contribution is 5.81. The zero-order chi connectivity index (χ0) is 11.0. The molecule has 0 aromatic heterocycles. The van der Waals surface area contributed by atoms with Crippen molar-refractivity contribution in [3.8, 4) is 0 Å². The van der Waals surface area contributed by atoms with E-state index in [1.165, 1.54) is 16.7 Å². The molecule has 0 saturated heterocycles. The van der Waals surface area contributed by atoms with E-state index in [1.54, 1.807) is 0 Å². The molecular formula is C13H21N. The van der Waals surface area contributed by atoms with Gasteiger partial charge in [0.05, 0.1) is 0 Å². The topological polar surface area (TPSA) is 12.4 Å². The van der Waals surface area contributed by atoms with Crippen molar-refractivity contribution in [2.45, 2.75) is 34.1 Å². The fourth-order valence-electron chi connectivity index (χ4n) is 1.30. The first-order valence-corrected chi connectivity index (χ1v) is 5.29. The third kappa shape index (κ3) is 3.73. The summed E-state index contributed by atoms with van der Waals surface area (Å²) < 4.78 is 0. The Hall–Kier alpha value is -1.11. The van der Waals surface area contributed by atoms with Gasteiger partial charge in [0.1, 0.15) is 0 Å². The molecule has 1 heteroatoms. The molecule has 0 aliphatic rings. The summed E-state index contributed by atoms with van der Waals surface area (Å²) >= 11 is 0. The zero-order valence-electron chi connectivity index (χ0n) is 9.96. The molecule has 0 saturated carbocycles. The van der Waals surface area contributed by atoms with Gasteiger partial charge >= 0.3 is 0 Å². The molecule has 1 aromatic rings. The quantitative estimate of drug-likeness (QED) is 0.633. The van der Waals surface area contributed by atoms with Gasteiger partial charge in [-0.3, -0.25) is 4.99 Å². The number of aliphatic imine (C=N–C) groups is 1. The van der Waals surface area contributed by atoms with Crippen LogP contribution in [0.25, 0.3) is 0 Å². The third-order valence-electron chi connectivity index (χ3n) is 1.95. The molecule has 14 heavy (non-hydrogen) atoms. The van der Waals surface area contributed by atoms with Crippen LogP contribution in [0.3, 0.4) is 0 Å². The van der Waals surface area contributed by atoms with Gasteiger partial charge in [0.15, 0.2) is 0 Å². The number of hydrogen-bond donors (Lipinski definition) is 0. The highest BCUT2D eigenvalue weighted by atomic mass is 14.6. The summed E-state index contributed by atoms with van der Waals surface area (Å²) in [6.07, 6.45) is 2.99. The van der Waals surface area contributed by atoms with Crippen molar-refractivity contribution in [1.82, 2.24) is 0 Å². The summed E-state index contributed by atoms with van der Waals surface area (Å²) in [7, 11) is 1.81. The molecule has 0 N–H and O–H groups in total. The summed E-state index contributed by atoms with van der Waals surface area (Å²) in [6, 6.07) is 6.49. The molecule has 0 spiro atoms. The van der Waals surface area contributed by atoms with Crippen LogP contribution in [0.2, 0.25) is 0 Å². The Balaban J connectivity index is 0.000000791. The molecule has 0 amide bonds. The van der Waals surface area contributed by atoms with Gasteiger partial charge in [-0.1, -0.05) is 44.5 Å². The van der Waals surface area contributed by atoms with Crippen LogP contribution in [0.4, 0.5) is 0 Å². The minimum Gasteiger partial charge on any atom is -0.296 e. The van der Waals surface area contributed by atoms with E-state index in [2.05, 4.69) is 37.0 Å². The van der Waals surface area contributed by atoms with E-state index in [4.69, 9.17) is 0 Å². The number of benzene rings is 1. The van der Waals surface area contributed by atoms with Crippen LogP contribution in [-0.4, -0.2) is 13.3 Å². The Labute approximate surface area is 87.9 Å². The molecule has 0 bridgehead atoms. The summed E-state index contributed by atoms with van der Waals surface area (Å²) in [5, 5.41) is 0. The maximum atomic E-state index is 4.03. The zero-order valence-corrected chi connectivity index (χ0v) is 9.96. The fraction of sp³-hybridized carbons (Fsp3) is 0.462. The number of rotatable bonds is 2. The van der Waals surface area contributed by atoms with Crippen LogP contribution in [0.15, 0.2) is 23.2 Å². The molecule has 0 radical (unpaired) electrons. The van der Waals surface area contributed by atoms with Crippen LogP contribution < -0.4 is 0 Å². The average Bonchev–Trinajstić information content (AvgIpc) is 2.22. The van der Waals surface area contributed by atoms with E-state index >= 15 is 0 Å². The van der Waals surface area contributed by atoms with Crippen molar-refractivity contribution in [3.63, 3.8) is 0 Å². The molecule has 0 aliphatic carbocycles. The fourth-order valence-corrected chi connectivity index (χ4v) is 1.30. The second kappa shape index (κ2) is 7.31. The molecule has 1 nitrogen and oxygen atoms in total. The number of nitrogens with zero attached hydrogens (tertiary/aromatic N) is 1. The lowest BCUT2D eigenvalue weighted by Crippen LogP contribution is -1.91. The Morgan fingerprint density at radius 3 is 2.43 bits per heavy atom. The summed E-state index contributed by atoms with van der Waals surface area (Å²) in [5.41, 5.74) is 3.91. The molecule has 0 fully saturated rings. The summed E-state index contributed by atoms with van der Waals surface area (Å²) in [5.74, 6) is 0. The van der Waals surface area contributed by atoms with Crippen LogP contribution >= 0.6 is 0 Å². The van der Waals surface area contributed by atoms with Gasteiger partial charge in [0.2, 0.25) is 0 Å². The van der Waals surface area contributed by atoms with E-state index in [-0.39, 0.29) is 0 Å². The average molecular weight is 191 g/mol. The van der Waals surface area contributed by atoms with Crippen molar-refractivity contribution < 1.29 is 0 Å². The molecule has 78 valence electrons. The van der Waals surface area contributed by atoms with Crippen molar-refractivity contribution in [2.24, 2.45) is 4.99 Å². The van der Waals surface area contributed by atoms with E-state index in [0.717, 1.165) is 6.42 Å². The maximum Gasteiger partial charge on any atom is 0.0284 e. The monoisotopic (exact) mass is 191 g/mol. The van der Waals surface area contributed by atoms with Gasteiger partial charge in [0.25, 0.3) is 0 Å². The Morgan fingerprint density at radius 2 is 1.93 bits per heavy atom. The minimum absolute atomic E-state index is 1.07. The lowest BCUT2D eigenvalue weighted by molar-refractivity contribution is 1.13. The van der Waals surface area contributed by atoms with Gasteiger partial charge in [0, 0.05) is 13.3 Å². The first-order valence-electron chi connectivity index (χ1n) is 5.29. The van der Waals surface area contributed by atoms with Gasteiger partial charge in [-0.2, -0.15) is 0 Å². The largest absolute Gasteiger partial charge is 0.296 e. The molecular weight excluding hydrogens is 170 g/mol. The van der Waals surface area contributed by atoms with Crippen molar-refractivity contribution in [2.75, 3.05) is 7.05 Å². The van der Waals surface area contributed by atoms with Crippen LogP contribution in [-0.2, 0) is 6.42 Å². The Kier molecular flexibility index (Phi) is 6.73. The number of hydrogen-bond acceptors (Lipinski definition) is 1. The van der Waals surface area contributed by atoms with E-state index < -0.39 is 0 Å². The maximum absolute atomic E-state index is 4.03. The van der Waals surface area contributed by atoms with Gasteiger partial charge < -0.3 is 0 Å². The van der Waals surface area contributed by atoms with Crippen LogP contribution in [0.1, 0.15) is 37.5 Å². The molecule has 1 aromatic carbocycles. The molecule has 0 atom stereocenters. The number of aryl methyl sites for hydroxylation is 2. The third-order valence-corrected chi connectivity index (χ3v) is 1.95. The van der Waals surface area contributed by atoms with Crippen molar-refractivity contribution in [3.05, 3.63) is 34.9 Å². The van der Waals surface area contributed by atoms with Gasteiger partial charge in [-0.15, -0.1) is 0 Å². The molecule has 1 rings (SSSR count). The predicted octanol–water partition coefficient (Wildman–Crippen LogP) is 3.63. The van der Waals surface area contributed by atoms with Gasteiger partial charge in [-0.05, 0) is 24.5 Å². The SMILES string of the molecule is CC.CCc1ccc(C)cc1C=NC. The standard InChI is InChI=1S/C11H15N.C2H6/c1-4-10-6-5-9(2)7-11(10)8-12-3;1-2/h5-8H,4H2,1-3H3;1-2H3. The highest BCUT2D eigenvalue weighted by Gasteiger charge is 1.96. The van der Waals surface area contributed by atoms with E-state index in [1.807, 2.05) is 27.1 Å². The normalized spacial score (nSPS) is 9.79. The van der Waals surface area contributed by atoms with Crippen LogP contribution in [0.5, 0.6) is 0 Å². The second-order valence-corrected chi connectivity index (χ2v) is 2.94. The second-order valence-electron chi connectivity index (χ2n) is 2.94. The predicted molar refractivity (Wildman–Crippen MR) is 65.4 cm³/mol. The first kappa shape index (κ1) is 12.9. The summed E-state index contributed by atoms with van der Waals surface area (Å²) in [4.78, 5) is 4.03. The van der Waals surface area contributed by atoms with Crippen LogP contribution in [0, 0.1) is 6.92 Å². The smallest absolute Gasteiger partial charge is 0.0284 e. The molecule has 0 unspecified atom stereocenters.